The number of hydrogen-bond donors (Lipinski definition) is 2. The second kappa shape index (κ2) is 5.67. The van der Waals surface area contributed by atoms with E-state index in [1.807, 2.05) is 12.4 Å². The molecule has 25 heavy (non-hydrogen) atoms. The van der Waals surface area contributed by atoms with Crippen molar-refractivity contribution < 1.29 is 0 Å². The summed E-state index contributed by atoms with van der Waals surface area (Å²) in [4.78, 5) is 6.83. The molecule has 120 valence electrons. The quantitative estimate of drug-likeness (QED) is 0.392. The maximum Gasteiger partial charge on any atom is 0.0647 e. The molecule has 0 fully saturated rings. The zero-order chi connectivity index (χ0) is 16.6. The molecule has 0 saturated heterocycles. The molecule has 0 unspecified atom stereocenters. The number of aromatic amines is 2. The van der Waals surface area contributed by atoms with Crippen LogP contribution in [0.1, 0.15) is 22.9 Å². The second-order valence-electron chi connectivity index (χ2n) is 6.42. The van der Waals surface area contributed by atoms with Crippen LogP contribution in [0.25, 0.3) is 21.5 Å². The number of nitrogens with one attached hydrogen (secondary N) is 2. The molecule has 0 aliphatic heterocycles. The molecule has 5 rings (SSSR count). The molecule has 5 aromatic rings. The van der Waals surface area contributed by atoms with E-state index in [0.29, 0.717) is 0 Å². The normalized spacial score (nSPS) is 11.6. The van der Waals surface area contributed by atoms with Gasteiger partial charge in [-0.2, -0.15) is 0 Å². The fourth-order valence-electron chi connectivity index (χ4n) is 3.87. The van der Waals surface area contributed by atoms with Crippen molar-refractivity contribution in [3.63, 3.8) is 0 Å². The van der Waals surface area contributed by atoms with E-state index in [1.165, 1.54) is 38.5 Å². The molecule has 0 radical (unpaired) electrons. The van der Waals surface area contributed by atoms with Gasteiger partial charge in [-0.05, 0) is 57.4 Å². The van der Waals surface area contributed by atoms with E-state index in [-0.39, 0.29) is 5.92 Å². The average Bonchev–Trinajstić information content (AvgIpc) is 3.37. The van der Waals surface area contributed by atoms with Crippen LogP contribution in [0.3, 0.4) is 0 Å². The fourth-order valence-corrected chi connectivity index (χ4v) is 3.87. The predicted molar refractivity (Wildman–Crippen MR) is 104 cm³/mol. The highest BCUT2D eigenvalue weighted by Crippen LogP contribution is 2.38. The van der Waals surface area contributed by atoms with Gasteiger partial charge in [-0.15, -0.1) is 0 Å². The average molecular weight is 322 g/mol. The summed E-state index contributed by atoms with van der Waals surface area (Å²) in [6.45, 7) is 0. The van der Waals surface area contributed by atoms with Crippen LogP contribution in [0.4, 0.5) is 0 Å². The molecular formula is C23H18N2. The summed E-state index contributed by atoms with van der Waals surface area (Å²) < 4.78 is 0. The third-order valence-electron chi connectivity index (χ3n) is 4.98. The van der Waals surface area contributed by atoms with E-state index in [4.69, 9.17) is 0 Å². The Kier molecular flexibility index (Phi) is 3.20. The SMILES string of the molecule is c1c[nH]c(C(c2ccc[nH]2)c2cc3ccccc3c3ccccc23)c1. The Balaban J connectivity index is 1.88. The lowest BCUT2D eigenvalue weighted by Gasteiger charge is -2.19. The highest BCUT2D eigenvalue weighted by Gasteiger charge is 2.21. The fraction of sp³-hybridized carbons (Fsp3) is 0.0435. The van der Waals surface area contributed by atoms with Crippen molar-refractivity contribution in [2.24, 2.45) is 0 Å². The van der Waals surface area contributed by atoms with E-state index in [1.54, 1.807) is 0 Å². The van der Waals surface area contributed by atoms with Crippen molar-refractivity contribution in [3.8, 4) is 0 Å². The van der Waals surface area contributed by atoms with Crippen LogP contribution in [0, 0.1) is 0 Å². The summed E-state index contributed by atoms with van der Waals surface area (Å²) in [6.07, 6.45) is 3.99. The third-order valence-corrected chi connectivity index (χ3v) is 4.98. The van der Waals surface area contributed by atoms with E-state index in [0.717, 1.165) is 0 Å². The van der Waals surface area contributed by atoms with Gasteiger partial charge >= 0.3 is 0 Å². The van der Waals surface area contributed by atoms with Gasteiger partial charge in [0.15, 0.2) is 0 Å². The lowest BCUT2D eigenvalue weighted by atomic mass is 9.86. The lowest BCUT2D eigenvalue weighted by molar-refractivity contribution is 0.907. The van der Waals surface area contributed by atoms with Crippen LogP contribution in [0.15, 0.2) is 91.3 Å². The number of aromatic nitrogens is 2. The highest BCUT2D eigenvalue weighted by molar-refractivity contribution is 6.09. The Morgan fingerprint density at radius 3 is 1.80 bits per heavy atom. The summed E-state index contributed by atoms with van der Waals surface area (Å²) in [7, 11) is 0. The molecule has 0 atom stereocenters. The molecule has 2 heterocycles. The van der Waals surface area contributed by atoms with Crippen molar-refractivity contribution in [1.29, 1.82) is 0 Å². The first-order valence-electron chi connectivity index (χ1n) is 8.59. The van der Waals surface area contributed by atoms with Crippen molar-refractivity contribution in [3.05, 3.63) is 108 Å². The maximum absolute atomic E-state index is 3.42. The van der Waals surface area contributed by atoms with Gasteiger partial charge < -0.3 is 9.97 Å². The third kappa shape index (κ3) is 2.26. The van der Waals surface area contributed by atoms with Gasteiger partial charge in [0.1, 0.15) is 0 Å². The van der Waals surface area contributed by atoms with Crippen LogP contribution in [-0.4, -0.2) is 9.97 Å². The molecule has 0 spiro atoms. The highest BCUT2D eigenvalue weighted by atomic mass is 14.7. The summed E-state index contributed by atoms with van der Waals surface area (Å²) in [5.41, 5.74) is 3.71. The van der Waals surface area contributed by atoms with Crippen molar-refractivity contribution in [2.75, 3.05) is 0 Å². The standard InChI is InChI=1S/C23H18N2/c1-2-8-17-16(7-1)15-20(19-10-4-3-9-18(17)19)23(21-11-5-13-24-21)22-12-6-14-25-22/h1-15,23-25H. The minimum absolute atomic E-state index is 0.152. The Morgan fingerprint density at radius 2 is 1.16 bits per heavy atom. The van der Waals surface area contributed by atoms with Crippen LogP contribution < -0.4 is 0 Å². The monoisotopic (exact) mass is 322 g/mol. The number of fused-ring (bicyclic) bond motifs is 3. The minimum Gasteiger partial charge on any atom is -0.364 e. The molecule has 0 aliphatic carbocycles. The van der Waals surface area contributed by atoms with Crippen molar-refractivity contribution in [2.45, 2.75) is 5.92 Å². The Labute approximate surface area is 146 Å². The zero-order valence-electron chi connectivity index (χ0n) is 13.7. The maximum atomic E-state index is 3.42. The van der Waals surface area contributed by atoms with Crippen LogP contribution >= 0.6 is 0 Å². The smallest absolute Gasteiger partial charge is 0.0647 e. The molecule has 2 nitrogen and oxygen atoms in total. The van der Waals surface area contributed by atoms with Crippen LogP contribution in [-0.2, 0) is 0 Å². The van der Waals surface area contributed by atoms with E-state index in [2.05, 4.69) is 88.8 Å². The number of hydrogen-bond acceptors (Lipinski definition) is 0. The van der Waals surface area contributed by atoms with Gasteiger partial charge in [0.05, 0.1) is 5.92 Å². The van der Waals surface area contributed by atoms with Gasteiger partial charge in [-0.25, -0.2) is 0 Å². The largest absolute Gasteiger partial charge is 0.364 e. The topological polar surface area (TPSA) is 31.6 Å². The van der Waals surface area contributed by atoms with Gasteiger partial charge in [0.2, 0.25) is 0 Å². The zero-order valence-corrected chi connectivity index (χ0v) is 13.7. The van der Waals surface area contributed by atoms with Gasteiger partial charge in [0.25, 0.3) is 0 Å². The van der Waals surface area contributed by atoms with Crippen LogP contribution in [0.2, 0.25) is 0 Å². The summed E-state index contributed by atoms with van der Waals surface area (Å²) >= 11 is 0. The molecule has 2 N–H and O–H groups in total. The Morgan fingerprint density at radius 1 is 0.560 bits per heavy atom. The number of H-pyrrole nitrogens is 2. The van der Waals surface area contributed by atoms with E-state index < -0.39 is 0 Å². The van der Waals surface area contributed by atoms with Crippen LogP contribution in [0.5, 0.6) is 0 Å². The minimum atomic E-state index is 0.152. The van der Waals surface area contributed by atoms with Crippen molar-refractivity contribution in [1.82, 2.24) is 9.97 Å². The second-order valence-corrected chi connectivity index (χ2v) is 6.42. The first-order valence-corrected chi connectivity index (χ1v) is 8.59. The van der Waals surface area contributed by atoms with Gasteiger partial charge in [-0.3, -0.25) is 0 Å². The van der Waals surface area contributed by atoms with E-state index in [9.17, 15) is 0 Å². The summed E-state index contributed by atoms with van der Waals surface area (Å²) in [5.74, 6) is 0.152. The Hall–Kier alpha value is -3.26. The first-order chi connectivity index (χ1) is 12.4. The van der Waals surface area contributed by atoms with Gasteiger partial charge in [-0.1, -0.05) is 48.5 Å². The van der Waals surface area contributed by atoms with Crippen molar-refractivity contribution >= 4 is 21.5 Å². The summed E-state index contributed by atoms with van der Waals surface area (Å²) in [6, 6.07) is 28.1. The molecule has 0 bridgehead atoms. The number of benzene rings is 3. The number of rotatable bonds is 3. The molecular weight excluding hydrogens is 304 g/mol. The summed E-state index contributed by atoms with van der Waals surface area (Å²) in [5, 5.41) is 5.19. The predicted octanol–water partition coefficient (Wildman–Crippen LogP) is 5.83. The molecule has 0 amide bonds. The molecule has 0 aliphatic rings. The lowest BCUT2D eigenvalue weighted by Crippen LogP contribution is -2.05. The van der Waals surface area contributed by atoms with E-state index >= 15 is 0 Å². The molecule has 0 saturated carbocycles. The Bertz CT molecular complexity index is 1100. The van der Waals surface area contributed by atoms with Gasteiger partial charge in [0, 0.05) is 23.8 Å². The molecule has 2 aromatic heterocycles. The molecule has 3 aromatic carbocycles. The molecule has 2 heteroatoms. The first kappa shape index (κ1) is 14.1.